The molecule has 0 amide bonds. The summed E-state index contributed by atoms with van der Waals surface area (Å²) in [6, 6.07) is 6.11. The average molecular weight is 421 g/mol. The van der Waals surface area contributed by atoms with Crippen LogP contribution in [-0.4, -0.2) is 5.16 Å². The van der Waals surface area contributed by atoms with Crippen LogP contribution >= 0.6 is 38.5 Å². The van der Waals surface area contributed by atoms with E-state index < -0.39 is 0 Å². The molecule has 0 fully saturated rings. The zero-order chi connectivity index (χ0) is 13.3. The summed E-state index contributed by atoms with van der Waals surface area (Å²) in [7, 11) is 0. The van der Waals surface area contributed by atoms with Gasteiger partial charge in [0.1, 0.15) is 0 Å². The smallest absolute Gasteiger partial charge is 0.173 e. The molecule has 0 aliphatic carbocycles. The van der Waals surface area contributed by atoms with Gasteiger partial charge in [-0.15, -0.1) is 0 Å². The first kappa shape index (κ1) is 13.9. The molecule has 0 atom stereocenters. The molecule has 1 aromatic heterocycles. The van der Waals surface area contributed by atoms with Gasteiger partial charge >= 0.3 is 0 Å². The summed E-state index contributed by atoms with van der Waals surface area (Å²) < 4.78 is 7.55. The van der Waals surface area contributed by atoms with Crippen molar-refractivity contribution in [2.45, 2.75) is 20.3 Å². The van der Waals surface area contributed by atoms with Crippen LogP contribution in [-0.2, 0) is 6.42 Å². The van der Waals surface area contributed by atoms with E-state index in [2.05, 4.69) is 63.6 Å². The molecule has 1 heterocycles. The van der Waals surface area contributed by atoms with E-state index in [0.29, 0.717) is 11.7 Å². The highest BCUT2D eigenvalue weighted by atomic mass is 127. The minimum absolute atomic E-state index is 0.490. The highest BCUT2D eigenvalue weighted by Crippen LogP contribution is 2.35. The molecule has 3 nitrogen and oxygen atoms in total. The van der Waals surface area contributed by atoms with E-state index in [-0.39, 0.29) is 0 Å². The fourth-order valence-corrected chi connectivity index (χ4v) is 2.73. The molecule has 2 rings (SSSR count). The zero-order valence-corrected chi connectivity index (χ0v) is 13.9. The van der Waals surface area contributed by atoms with Crippen molar-refractivity contribution >= 4 is 44.3 Å². The Hall–Kier alpha value is -0.560. The van der Waals surface area contributed by atoms with Gasteiger partial charge in [0, 0.05) is 19.2 Å². The Labute approximate surface area is 128 Å². The van der Waals surface area contributed by atoms with E-state index in [1.165, 1.54) is 0 Å². The van der Waals surface area contributed by atoms with Gasteiger partial charge in [-0.3, -0.25) is 0 Å². The maximum absolute atomic E-state index is 5.89. The van der Waals surface area contributed by atoms with Crippen LogP contribution in [0.3, 0.4) is 0 Å². The summed E-state index contributed by atoms with van der Waals surface area (Å²) in [5, 5.41) is 3.90. The first-order valence-corrected chi connectivity index (χ1v) is 7.55. The molecule has 18 heavy (non-hydrogen) atoms. The van der Waals surface area contributed by atoms with Crippen molar-refractivity contribution in [3.63, 3.8) is 0 Å². The lowest BCUT2D eigenvalue weighted by molar-refractivity contribution is 0.434. The van der Waals surface area contributed by atoms with Gasteiger partial charge in [-0.1, -0.05) is 34.9 Å². The van der Waals surface area contributed by atoms with Crippen molar-refractivity contribution < 1.29 is 4.52 Å². The predicted molar refractivity (Wildman–Crippen MR) is 85.3 cm³/mol. The summed E-state index contributed by atoms with van der Waals surface area (Å²) in [6.07, 6.45) is 0.864. The van der Waals surface area contributed by atoms with Crippen molar-refractivity contribution in [1.29, 1.82) is 0 Å². The Morgan fingerprint density at radius 3 is 2.83 bits per heavy atom. The third kappa shape index (κ3) is 2.88. The molecular weight excluding hydrogens is 407 g/mol. The van der Waals surface area contributed by atoms with Gasteiger partial charge < -0.3 is 10.3 Å². The quantitative estimate of drug-likeness (QED) is 0.744. The molecule has 0 radical (unpaired) electrons. The van der Waals surface area contributed by atoms with Crippen LogP contribution in [0.1, 0.15) is 19.4 Å². The standard InChI is InChI=1S/C13H14BrIN2O/c1-7(2)5-10-12(18-17-13(10)16)9-6-8(15)3-4-11(9)14/h3-4,6-7H,5H2,1-2H3,(H2,16,17). The molecular formula is C13H14BrIN2O. The second kappa shape index (κ2) is 5.61. The molecule has 96 valence electrons. The van der Waals surface area contributed by atoms with Crippen LogP contribution in [0, 0.1) is 9.49 Å². The molecule has 0 unspecified atom stereocenters. The Morgan fingerprint density at radius 2 is 2.17 bits per heavy atom. The predicted octanol–water partition coefficient (Wildman–Crippen LogP) is 4.49. The molecule has 0 saturated carbocycles. The highest BCUT2D eigenvalue weighted by Gasteiger charge is 2.18. The van der Waals surface area contributed by atoms with Crippen LogP contribution in [0.4, 0.5) is 5.82 Å². The van der Waals surface area contributed by atoms with E-state index >= 15 is 0 Å². The molecule has 0 aliphatic rings. The van der Waals surface area contributed by atoms with Crippen molar-refractivity contribution in [1.82, 2.24) is 5.16 Å². The van der Waals surface area contributed by atoms with Crippen molar-refractivity contribution in [2.75, 3.05) is 5.73 Å². The second-order valence-electron chi connectivity index (χ2n) is 4.60. The maximum atomic E-state index is 5.89. The lowest BCUT2D eigenvalue weighted by Gasteiger charge is -2.07. The minimum Gasteiger partial charge on any atom is -0.381 e. The number of rotatable bonds is 3. The summed E-state index contributed by atoms with van der Waals surface area (Å²) in [4.78, 5) is 0. The molecule has 0 bridgehead atoms. The Kier molecular flexibility index (Phi) is 4.32. The largest absolute Gasteiger partial charge is 0.381 e. The number of nitrogens with zero attached hydrogens (tertiary/aromatic N) is 1. The summed E-state index contributed by atoms with van der Waals surface area (Å²) in [6.45, 7) is 4.31. The van der Waals surface area contributed by atoms with Crippen molar-refractivity contribution in [2.24, 2.45) is 5.92 Å². The monoisotopic (exact) mass is 420 g/mol. The fraction of sp³-hybridized carbons (Fsp3) is 0.308. The van der Waals surface area contributed by atoms with Gasteiger partial charge in [0.2, 0.25) is 0 Å². The third-order valence-electron chi connectivity index (χ3n) is 2.60. The van der Waals surface area contributed by atoms with E-state index in [9.17, 15) is 0 Å². The summed E-state index contributed by atoms with van der Waals surface area (Å²) >= 11 is 5.82. The van der Waals surface area contributed by atoms with E-state index in [1.807, 2.05) is 12.1 Å². The van der Waals surface area contributed by atoms with Crippen LogP contribution in [0.2, 0.25) is 0 Å². The van der Waals surface area contributed by atoms with E-state index in [0.717, 1.165) is 31.4 Å². The van der Waals surface area contributed by atoms with Gasteiger partial charge in [0.15, 0.2) is 11.6 Å². The number of nitrogen functional groups attached to an aromatic ring is 1. The first-order valence-electron chi connectivity index (χ1n) is 5.68. The van der Waals surface area contributed by atoms with Gasteiger partial charge in [0.05, 0.1) is 0 Å². The lowest BCUT2D eigenvalue weighted by atomic mass is 10.00. The highest BCUT2D eigenvalue weighted by molar-refractivity contribution is 14.1. The molecule has 0 saturated heterocycles. The molecule has 0 aliphatic heterocycles. The van der Waals surface area contributed by atoms with Gasteiger partial charge in [-0.25, -0.2) is 0 Å². The second-order valence-corrected chi connectivity index (χ2v) is 6.70. The molecule has 2 N–H and O–H groups in total. The number of benzene rings is 1. The first-order chi connectivity index (χ1) is 8.49. The molecule has 1 aromatic carbocycles. The zero-order valence-electron chi connectivity index (χ0n) is 10.2. The number of halogens is 2. The average Bonchev–Trinajstić information content (AvgIpc) is 2.64. The van der Waals surface area contributed by atoms with E-state index in [1.54, 1.807) is 0 Å². The van der Waals surface area contributed by atoms with Crippen LogP contribution in [0.15, 0.2) is 27.2 Å². The van der Waals surface area contributed by atoms with Crippen LogP contribution in [0.5, 0.6) is 0 Å². The molecule has 2 aromatic rings. The van der Waals surface area contributed by atoms with Crippen molar-refractivity contribution in [3.05, 3.63) is 31.8 Å². The van der Waals surface area contributed by atoms with Gasteiger partial charge in [-0.2, -0.15) is 0 Å². The number of aromatic nitrogens is 1. The summed E-state index contributed by atoms with van der Waals surface area (Å²) in [5.41, 5.74) is 7.89. The van der Waals surface area contributed by atoms with Gasteiger partial charge in [-0.05, 0) is 53.1 Å². The minimum atomic E-state index is 0.490. The number of hydrogen-bond donors (Lipinski definition) is 1. The van der Waals surface area contributed by atoms with Crippen LogP contribution < -0.4 is 5.73 Å². The topological polar surface area (TPSA) is 52.0 Å². The summed E-state index contributed by atoms with van der Waals surface area (Å²) in [5.74, 6) is 1.77. The molecule has 5 heteroatoms. The SMILES string of the molecule is CC(C)Cc1c(N)noc1-c1cc(I)ccc1Br. The number of hydrogen-bond acceptors (Lipinski definition) is 3. The third-order valence-corrected chi connectivity index (χ3v) is 3.97. The molecule has 0 spiro atoms. The van der Waals surface area contributed by atoms with Crippen LogP contribution in [0.25, 0.3) is 11.3 Å². The lowest BCUT2D eigenvalue weighted by Crippen LogP contribution is -1.99. The van der Waals surface area contributed by atoms with Gasteiger partial charge in [0.25, 0.3) is 0 Å². The maximum Gasteiger partial charge on any atom is 0.173 e. The normalized spacial score (nSPS) is 11.2. The van der Waals surface area contributed by atoms with E-state index in [4.69, 9.17) is 10.3 Å². The number of anilines is 1. The fourth-order valence-electron chi connectivity index (χ4n) is 1.81. The Bertz CT molecular complexity index is 566. The Morgan fingerprint density at radius 1 is 1.44 bits per heavy atom. The Balaban J connectivity index is 2.53. The van der Waals surface area contributed by atoms with Crippen molar-refractivity contribution in [3.8, 4) is 11.3 Å². The number of nitrogens with two attached hydrogens (primary N) is 1.